The van der Waals surface area contributed by atoms with Crippen LogP contribution in [0.1, 0.15) is 28.2 Å². The van der Waals surface area contributed by atoms with Gasteiger partial charge in [0.1, 0.15) is 0 Å². The lowest BCUT2D eigenvalue weighted by atomic mass is 10.1. The van der Waals surface area contributed by atoms with Crippen LogP contribution < -0.4 is 0 Å². The second-order valence-corrected chi connectivity index (χ2v) is 5.45. The van der Waals surface area contributed by atoms with Crippen molar-refractivity contribution in [3.63, 3.8) is 0 Å². The maximum atomic E-state index is 12.5. The molecule has 0 saturated heterocycles. The van der Waals surface area contributed by atoms with E-state index in [-0.39, 0.29) is 5.78 Å². The van der Waals surface area contributed by atoms with Gasteiger partial charge in [0.25, 0.3) is 0 Å². The second kappa shape index (κ2) is 5.20. The number of fused-ring (bicyclic) bond motifs is 1. The summed E-state index contributed by atoms with van der Waals surface area (Å²) in [5.41, 5.74) is 4.05. The third-order valence-electron chi connectivity index (χ3n) is 4.12. The summed E-state index contributed by atoms with van der Waals surface area (Å²) in [5.74, 6) is 0.178. The maximum absolute atomic E-state index is 12.5. The number of hydrogen-bond donors (Lipinski definition) is 0. The Hall–Kier alpha value is -2.36. The lowest BCUT2D eigenvalue weighted by Crippen LogP contribution is -2.06. The van der Waals surface area contributed by atoms with Gasteiger partial charge in [0.2, 0.25) is 0 Å². The van der Waals surface area contributed by atoms with Crippen LogP contribution in [0.3, 0.4) is 0 Å². The molecular formula is C17H19N3O. The van der Waals surface area contributed by atoms with Gasteiger partial charge in [-0.05, 0) is 19.9 Å². The number of nitrogens with zero attached hydrogens (tertiary/aromatic N) is 3. The minimum atomic E-state index is 0.178. The number of carbonyl (C=O) groups excluding carboxylic acids is 1. The van der Waals surface area contributed by atoms with Crippen LogP contribution in [0.2, 0.25) is 0 Å². The lowest BCUT2D eigenvalue weighted by molar-refractivity contribution is 0.0978. The quantitative estimate of drug-likeness (QED) is 0.689. The van der Waals surface area contributed by atoms with Crippen LogP contribution in [0, 0.1) is 13.8 Å². The highest BCUT2D eigenvalue weighted by Crippen LogP contribution is 2.21. The van der Waals surface area contributed by atoms with E-state index in [9.17, 15) is 4.79 Å². The van der Waals surface area contributed by atoms with E-state index in [1.807, 2.05) is 60.5 Å². The largest absolute Gasteiger partial charge is 0.350 e. The van der Waals surface area contributed by atoms with Crippen LogP contribution in [0.15, 0.2) is 36.8 Å². The lowest BCUT2D eigenvalue weighted by Gasteiger charge is -2.04. The third-order valence-corrected chi connectivity index (χ3v) is 4.12. The minimum Gasteiger partial charge on any atom is -0.350 e. The van der Waals surface area contributed by atoms with Gasteiger partial charge in [0.05, 0.1) is 12.0 Å². The predicted octanol–water partition coefficient (Wildman–Crippen LogP) is 3.26. The molecular weight excluding hydrogens is 262 g/mol. The standard InChI is InChI=1S/C17H19N3O/c1-12-13(2)20(11-18-12)9-8-17(21)15-10-19(3)16-7-5-4-6-14(15)16/h4-7,10-11H,8-9H2,1-3H3. The number of benzene rings is 1. The topological polar surface area (TPSA) is 39.8 Å². The Morgan fingerprint density at radius 3 is 2.71 bits per heavy atom. The highest BCUT2D eigenvalue weighted by molar-refractivity contribution is 6.08. The molecule has 4 heteroatoms. The SMILES string of the molecule is Cc1ncn(CCC(=O)c2cn(C)c3ccccc23)c1C. The molecule has 0 aliphatic heterocycles. The summed E-state index contributed by atoms with van der Waals surface area (Å²) in [5, 5.41) is 1.03. The molecule has 3 rings (SSSR count). The fourth-order valence-corrected chi connectivity index (χ4v) is 2.69. The molecule has 0 amide bonds. The van der Waals surface area contributed by atoms with E-state index in [1.54, 1.807) is 6.33 Å². The molecule has 2 aromatic heterocycles. The minimum absolute atomic E-state index is 0.178. The van der Waals surface area contributed by atoms with Crippen LogP contribution in [0.4, 0.5) is 0 Å². The molecule has 0 fully saturated rings. The van der Waals surface area contributed by atoms with Gasteiger partial charge in [-0.25, -0.2) is 4.98 Å². The number of aryl methyl sites for hydroxylation is 3. The van der Waals surface area contributed by atoms with Gasteiger partial charge in [0, 0.05) is 48.4 Å². The van der Waals surface area contributed by atoms with E-state index < -0.39 is 0 Å². The van der Waals surface area contributed by atoms with Crippen molar-refractivity contribution in [1.82, 2.24) is 14.1 Å². The first-order valence-electron chi connectivity index (χ1n) is 7.13. The molecule has 0 N–H and O–H groups in total. The molecule has 0 unspecified atom stereocenters. The van der Waals surface area contributed by atoms with Crippen molar-refractivity contribution in [3.8, 4) is 0 Å². The number of rotatable bonds is 4. The maximum Gasteiger partial charge on any atom is 0.166 e. The van der Waals surface area contributed by atoms with Crippen molar-refractivity contribution < 1.29 is 4.79 Å². The first kappa shape index (κ1) is 13.6. The molecule has 0 bridgehead atoms. The number of ketones is 1. The van der Waals surface area contributed by atoms with Gasteiger partial charge in [0.15, 0.2) is 5.78 Å². The second-order valence-electron chi connectivity index (χ2n) is 5.45. The van der Waals surface area contributed by atoms with Crippen LogP contribution in [0.25, 0.3) is 10.9 Å². The predicted molar refractivity (Wildman–Crippen MR) is 83.6 cm³/mol. The number of carbonyl (C=O) groups is 1. The van der Waals surface area contributed by atoms with Gasteiger partial charge < -0.3 is 9.13 Å². The molecule has 0 atom stereocenters. The van der Waals surface area contributed by atoms with Gasteiger partial charge in [-0.3, -0.25) is 4.79 Å². The third kappa shape index (κ3) is 2.37. The molecule has 3 aromatic rings. The summed E-state index contributed by atoms with van der Waals surface area (Å²) in [4.78, 5) is 16.8. The monoisotopic (exact) mass is 281 g/mol. The Labute approximate surface area is 124 Å². The van der Waals surface area contributed by atoms with E-state index in [0.29, 0.717) is 13.0 Å². The number of Topliss-reactive ketones (excluding diaryl/α,β-unsaturated/α-hetero) is 1. The molecule has 21 heavy (non-hydrogen) atoms. The average molecular weight is 281 g/mol. The summed E-state index contributed by atoms with van der Waals surface area (Å²) in [7, 11) is 1.97. The number of imidazole rings is 1. The Morgan fingerprint density at radius 1 is 1.24 bits per heavy atom. The molecule has 0 saturated carbocycles. The molecule has 0 aliphatic rings. The van der Waals surface area contributed by atoms with Gasteiger partial charge in [-0.15, -0.1) is 0 Å². The highest BCUT2D eigenvalue weighted by atomic mass is 16.1. The summed E-state index contributed by atoms with van der Waals surface area (Å²) >= 11 is 0. The van der Waals surface area contributed by atoms with Crippen molar-refractivity contribution >= 4 is 16.7 Å². The summed E-state index contributed by atoms with van der Waals surface area (Å²) in [6.07, 6.45) is 4.23. The van der Waals surface area contributed by atoms with Crippen molar-refractivity contribution in [2.45, 2.75) is 26.8 Å². The summed E-state index contributed by atoms with van der Waals surface area (Å²) < 4.78 is 4.05. The van der Waals surface area contributed by atoms with Crippen LogP contribution >= 0.6 is 0 Å². The van der Waals surface area contributed by atoms with Gasteiger partial charge in [-0.2, -0.15) is 0 Å². The molecule has 2 heterocycles. The van der Waals surface area contributed by atoms with Gasteiger partial charge >= 0.3 is 0 Å². The summed E-state index contributed by atoms with van der Waals surface area (Å²) in [6.45, 7) is 4.69. The average Bonchev–Trinajstić information content (AvgIpc) is 2.99. The summed E-state index contributed by atoms with van der Waals surface area (Å²) in [6, 6.07) is 8.02. The number of aromatic nitrogens is 3. The van der Waals surface area contributed by atoms with Crippen LogP contribution in [-0.4, -0.2) is 19.9 Å². The molecule has 108 valence electrons. The Morgan fingerprint density at radius 2 is 2.00 bits per heavy atom. The zero-order valence-corrected chi connectivity index (χ0v) is 12.6. The zero-order valence-electron chi connectivity index (χ0n) is 12.6. The highest BCUT2D eigenvalue weighted by Gasteiger charge is 2.14. The van der Waals surface area contributed by atoms with Crippen molar-refractivity contribution in [1.29, 1.82) is 0 Å². The fourth-order valence-electron chi connectivity index (χ4n) is 2.69. The number of para-hydroxylation sites is 1. The van der Waals surface area contributed by atoms with E-state index in [1.165, 1.54) is 0 Å². The molecule has 0 spiro atoms. The van der Waals surface area contributed by atoms with E-state index in [4.69, 9.17) is 0 Å². The van der Waals surface area contributed by atoms with E-state index in [0.717, 1.165) is 27.9 Å². The normalized spacial score (nSPS) is 11.2. The van der Waals surface area contributed by atoms with Crippen molar-refractivity contribution in [2.75, 3.05) is 0 Å². The zero-order chi connectivity index (χ0) is 15.0. The van der Waals surface area contributed by atoms with Crippen molar-refractivity contribution in [2.24, 2.45) is 7.05 Å². The number of hydrogen-bond acceptors (Lipinski definition) is 2. The molecule has 0 radical (unpaired) electrons. The first-order valence-corrected chi connectivity index (χ1v) is 7.13. The Bertz CT molecular complexity index is 811. The van der Waals surface area contributed by atoms with Crippen LogP contribution in [0.5, 0.6) is 0 Å². The Balaban J connectivity index is 1.83. The Kier molecular flexibility index (Phi) is 3.37. The van der Waals surface area contributed by atoms with Gasteiger partial charge in [-0.1, -0.05) is 18.2 Å². The van der Waals surface area contributed by atoms with E-state index >= 15 is 0 Å². The van der Waals surface area contributed by atoms with E-state index in [2.05, 4.69) is 4.98 Å². The molecule has 4 nitrogen and oxygen atoms in total. The van der Waals surface area contributed by atoms with Crippen LogP contribution in [-0.2, 0) is 13.6 Å². The molecule has 0 aliphatic carbocycles. The molecule has 1 aromatic carbocycles. The first-order chi connectivity index (χ1) is 10.1. The van der Waals surface area contributed by atoms with Crippen molar-refractivity contribution in [3.05, 3.63) is 53.7 Å². The smallest absolute Gasteiger partial charge is 0.166 e. The fraction of sp³-hybridized carbons (Fsp3) is 0.294.